The highest BCUT2D eigenvalue weighted by atomic mass is 35.5. The van der Waals surface area contributed by atoms with Gasteiger partial charge in [0.05, 0.1) is 10.6 Å². The zero-order valence-corrected chi connectivity index (χ0v) is 21.0. The number of hydrogen-bond acceptors (Lipinski definition) is 4. The van der Waals surface area contributed by atoms with Gasteiger partial charge in [0.25, 0.3) is 5.91 Å². The number of nitrogens with one attached hydrogen (secondary N) is 1. The minimum absolute atomic E-state index is 0.0867. The first-order chi connectivity index (χ1) is 15.7. The van der Waals surface area contributed by atoms with Gasteiger partial charge >= 0.3 is 0 Å². The van der Waals surface area contributed by atoms with Gasteiger partial charge in [0.15, 0.2) is 5.17 Å². The van der Waals surface area contributed by atoms with Crippen molar-refractivity contribution in [2.24, 2.45) is 0 Å². The lowest BCUT2D eigenvalue weighted by molar-refractivity contribution is -0.113. The summed E-state index contributed by atoms with van der Waals surface area (Å²) in [6.07, 6.45) is 1.67. The van der Waals surface area contributed by atoms with Crippen LogP contribution in [-0.2, 0) is 11.4 Å². The maximum Gasteiger partial charge on any atom is 0.271 e. The van der Waals surface area contributed by atoms with Crippen LogP contribution in [0.5, 0.6) is 5.75 Å². The van der Waals surface area contributed by atoms with Crippen LogP contribution in [0.3, 0.4) is 0 Å². The second kappa shape index (κ2) is 10.00. The van der Waals surface area contributed by atoms with Gasteiger partial charge in [-0.15, -0.1) is 0 Å². The molecule has 9 heteroatoms. The lowest BCUT2D eigenvalue weighted by Gasteiger charge is -2.15. The van der Waals surface area contributed by atoms with Gasteiger partial charge in [0.1, 0.15) is 12.4 Å². The van der Waals surface area contributed by atoms with Crippen molar-refractivity contribution in [1.29, 1.82) is 5.41 Å². The van der Waals surface area contributed by atoms with Gasteiger partial charge in [-0.1, -0.05) is 58.5 Å². The number of carbonyl (C=O) groups is 1. The molecule has 0 atom stereocenters. The summed E-state index contributed by atoms with van der Waals surface area (Å²) in [7, 11) is 0. The quantitative estimate of drug-likeness (QED) is 0.333. The molecule has 0 aliphatic carbocycles. The molecule has 1 aliphatic heterocycles. The molecule has 1 heterocycles. The van der Waals surface area contributed by atoms with E-state index in [9.17, 15) is 4.79 Å². The number of ether oxygens (including phenoxy) is 1. The van der Waals surface area contributed by atoms with Gasteiger partial charge in [-0.2, -0.15) is 0 Å². The van der Waals surface area contributed by atoms with Gasteiger partial charge in [-0.3, -0.25) is 15.1 Å². The SMILES string of the molecule is Cc1ccc(N2C(=N)S/C(=C\c3cc(Cl)ccc3OCc3ccc(Cl)cc3Cl)C2=O)cc1Cl. The third-order valence-corrected chi connectivity index (χ3v) is 7.01. The molecule has 0 aromatic heterocycles. The Morgan fingerprint density at radius 2 is 1.70 bits per heavy atom. The summed E-state index contributed by atoms with van der Waals surface area (Å²) in [5.41, 5.74) is 2.81. The fourth-order valence-corrected chi connectivity index (χ4v) is 4.81. The summed E-state index contributed by atoms with van der Waals surface area (Å²) in [4.78, 5) is 14.8. The minimum atomic E-state index is -0.323. The van der Waals surface area contributed by atoms with E-state index in [0.29, 0.717) is 42.0 Å². The molecular formula is C24H16Cl4N2O2S. The standard InChI is InChI=1S/C24H16Cl4N2O2S/c1-13-2-6-18(11-19(13)27)30-23(31)22(33-24(30)29)9-15-8-16(25)5-7-21(15)32-12-14-3-4-17(26)10-20(14)28/h2-11,29H,12H2,1H3/b22-9-,29-24?. The largest absolute Gasteiger partial charge is 0.488 e. The van der Waals surface area contributed by atoms with Crippen LogP contribution in [0.4, 0.5) is 5.69 Å². The van der Waals surface area contributed by atoms with Crippen LogP contribution in [0, 0.1) is 12.3 Å². The summed E-state index contributed by atoms with van der Waals surface area (Å²) in [6, 6.07) is 15.6. The zero-order valence-electron chi connectivity index (χ0n) is 17.2. The minimum Gasteiger partial charge on any atom is -0.488 e. The van der Waals surface area contributed by atoms with Crippen LogP contribution >= 0.6 is 58.2 Å². The second-order valence-electron chi connectivity index (χ2n) is 7.20. The Labute approximate surface area is 215 Å². The molecule has 0 spiro atoms. The van der Waals surface area contributed by atoms with Crippen molar-refractivity contribution >= 4 is 81.0 Å². The number of rotatable bonds is 5. The van der Waals surface area contributed by atoms with Crippen LogP contribution in [-0.4, -0.2) is 11.1 Å². The van der Waals surface area contributed by atoms with Crippen LogP contribution in [0.25, 0.3) is 6.08 Å². The highest BCUT2D eigenvalue weighted by Gasteiger charge is 2.34. The maximum absolute atomic E-state index is 13.1. The van der Waals surface area contributed by atoms with E-state index in [-0.39, 0.29) is 17.7 Å². The van der Waals surface area contributed by atoms with E-state index in [4.69, 9.17) is 56.5 Å². The first kappa shape index (κ1) is 24.0. The molecule has 1 saturated heterocycles. The van der Waals surface area contributed by atoms with E-state index < -0.39 is 0 Å². The number of carbonyl (C=O) groups excluding carboxylic acids is 1. The smallest absolute Gasteiger partial charge is 0.271 e. The van der Waals surface area contributed by atoms with Crippen molar-refractivity contribution in [2.45, 2.75) is 13.5 Å². The lowest BCUT2D eigenvalue weighted by atomic mass is 10.1. The molecular weight excluding hydrogens is 522 g/mol. The first-order valence-corrected chi connectivity index (χ1v) is 12.0. The van der Waals surface area contributed by atoms with Crippen LogP contribution in [0.2, 0.25) is 20.1 Å². The number of halogens is 4. The number of anilines is 1. The highest BCUT2D eigenvalue weighted by molar-refractivity contribution is 8.19. The summed E-state index contributed by atoms with van der Waals surface area (Å²) < 4.78 is 5.98. The zero-order chi connectivity index (χ0) is 23.7. The van der Waals surface area contributed by atoms with Gasteiger partial charge in [0.2, 0.25) is 0 Å². The number of amidine groups is 1. The molecule has 3 aromatic carbocycles. The molecule has 0 unspecified atom stereocenters. The van der Waals surface area contributed by atoms with E-state index in [1.165, 1.54) is 4.90 Å². The maximum atomic E-state index is 13.1. The summed E-state index contributed by atoms with van der Waals surface area (Å²) in [6.45, 7) is 2.08. The van der Waals surface area contributed by atoms with Crippen LogP contribution in [0.15, 0.2) is 59.5 Å². The molecule has 33 heavy (non-hydrogen) atoms. The molecule has 168 valence electrons. The van der Waals surface area contributed by atoms with E-state index in [2.05, 4.69) is 0 Å². The van der Waals surface area contributed by atoms with E-state index in [0.717, 1.165) is 22.9 Å². The molecule has 1 fully saturated rings. The fourth-order valence-electron chi connectivity index (χ4n) is 3.14. The average molecular weight is 538 g/mol. The summed E-state index contributed by atoms with van der Waals surface area (Å²) >= 11 is 25.7. The molecule has 4 rings (SSSR count). The first-order valence-electron chi connectivity index (χ1n) is 9.68. The number of thioether (sulfide) groups is 1. The summed E-state index contributed by atoms with van der Waals surface area (Å²) in [5.74, 6) is 0.200. The molecule has 1 amide bonds. The number of benzene rings is 3. The number of nitrogens with zero attached hydrogens (tertiary/aromatic N) is 1. The number of aryl methyl sites for hydroxylation is 1. The monoisotopic (exact) mass is 536 g/mol. The molecule has 0 saturated carbocycles. The molecule has 1 N–H and O–H groups in total. The molecule has 0 bridgehead atoms. The Hall–Kier alpha value is -2.15. The van der Waals surface area contributed by atoms with Crippen LogP contribution in [0.1, 0.15) is 16.7 Å². The van der Waals surface area contributed by atoms with Gasteiger partial charge < -0.3 is 4.74 Å². The predicted molar refractivity (Wildman–Crippen MR) is 139 cm³/mol. The van der Waals surface area contributed by atoms with Crippen molar-refractivity contribution in [2.75, 3.05) is 4.90 Å². The number of hydrogen-bond donors (Lipinski definition) is 1. The van der Waals surface area contributed by atoms with Crippen molar-refractivity contribution < 1.29 is 9.53 Å². The second-order valence-corrected chi connectivity index (χ2v) is 9.91. The van der Waals surface area contributed by atoms with Gasteiger partial charge in [0, 0.05) is 31.2 Å². The average Bonchev–Trinajstić information content (AvgIpc) is 3.03. The van der Waals surface area contributed by atoms with E-state index in [1.807, 2.05) is 13.0 Å². The van der Waals surface area contributed by atoms with Gasteiger partial charge in [-0.05, 0) is 72.8 Å². The normalized spacial score (nSPS) is 14.9. The lowest BCUT2D eigenvalue weighted by Crippen LogP contribution is -2.28. The van der Waals surface area contributed by atoms with E-state index >= 15 is 0 Å². The molecule has 0 radical (unpaired) electrons. The summed E-state index contributed by atoms with van der Waals surface area (Å²) in [5, 5.41) is 10.5. The third kappa shape index (κ3) is 5.34. The molecule has 4 nitrogen and oxygen atoms in total. The molecule has 1 aliphatic rings. The Kier molecular flexibility index (Phi) is 7.27. The van der Waals surface area contributed by atoms with Crippen molar-refractivity contribution in [3.05, 3.63) is 96.3 Å². The highest BCUT2D eigenvalue weighted by Crippen LogP contribution is 2.38. The van der Waals surface area contributed by atoms with Crippen molar-refractivity contribution in [1.82, 2.24) is 0 Å². The van der Waals surface area contributed by atoms with Crippen molar-refractivity contribution in [3.63, 3.8) is 0 Å². The third-order valence-electron chi connectivity index (χ3n) is 4.89. The topological polar surface area (TPSA) is 53.4 Å². The van der Waals surface area contributed by atoms with E-state index in [1.54, 1.807) is 54.6 Å². The Morgan fingerprint density at radius 1 is 0.970 bits per heavy atom. The molecule has 3 aromatic rings. The van der Waals surface area contributed by atoms with Crippen LogP contribution < -0.4 is 9.64 Å². The number of amides is 1. The predicted octanol–water partition coefficient (Wildman–Crippen LogP) is 8.24. The van der Waals surface area contributed by atoms with Gasteiger partial charge in [-0.25, -0.2) is 0 Å². The Balaban J connectivity index is 1.62. The Bertz CT molecular complexity index is 1310. The fraction of sp³-hybridized carbons (Fsp3) is 0.0833. The van der Waals surface area contributed by atoms with Crippen molar-refractivity contribution in [3.8, 4) is 5.75 Å². The Morgan fingerprint density at radius 3 is 2.42 bits per heavy atom.